The fraction of sp³-hybridized carbons (Fsp3) is 0.265. The summed E-state index contributed by atoms with van der Waals surface area (Å²) in [5.74, 6) is 0.154. The molecule has 1 aliphatic carbocycles. The summed E-state index contributed by atoms with van der Waals surface area (Å²) in [4.78, 5) is 42.8. The van der Waals surface area contributed by atoms with Gasteiger partial charge in [0.1, 0.15) is 16.8 Å². The molecule has 12 heteroatoms. The number of fused-ring (bicyclic) bond motifs is 1. The summed E-state index contributed by atoms with van der Waals surface area (Å²) in [6, 6.07) is 22.0. The number of ether oxygens (including phenoxy) is 1. The molecule has 0 bridgehead atoms. The molecule has 0 radical (unpaired) electrons. The molecule has 0 saturated heterocycles. The molecule has 3 aromatic carbocycles. The number of nitrogens with one attached hydrogen (secondary N) is 3. The van der Waals surface area contributed by atoms with Crippen LogP contribution in [0.25, 0.3) is 28.1 Å². The van der Waals surface area contributed by atoms with Crippen molar-refractivity contribution in [2.24, 2.45) is 0 Å². The summed E-state index contributed by atoms with van der Waals surface area (Å²) >= 11 is 6.80. The van der Waals surface area contributed by atoms with E-state index in [2.05, 4.69) is 26.1 Å². The monoisotopic (exact) mass is 640 g/mol. The lowest BCUT2D eigenvalue weighted by Crippen LogP contribution is -2.48. The first-order valence-corrected chi connectivity index (χ1v) is 15.2. The van der Waals surface area contributed by atoms with Gasteiger partial charge in [0.05, 0.1) is 10.5 Å². The number of aryl methyl sites for hydroxylation is 1. The minimum atomic E-state index is -0.982. The van der Waals surface area contributed by atoms with Crippen molar-refractivity contribution in [3.05, 3.63) is 94.8 Å². The van der Waals surface area contributed by atoms with Gasteiger partial charge in [0, 0.05) is 35.8 Å². The quantitative estimate of drug-likeness (QED) is 0.174. The molecule has 3 N–H and O–H groups in total. The summed E-state index contributed by atoms with van der Waals surface area (Å²) in [6.07, 6.45) is 0.433. The average Bonchev–Trinajstić information content (AvgIpc) is 3.58. The Kier molecular flexibility index (Phi) is 8.03. The normalized spacial score (nSPS) is 13.7. The highest BCUT2D eigenvalue weighted by molar-refractivity contribution is 6.38. The van der Waals surface area contributed by atoms with Crippen LogP contribution in [0.2, 0.25) is 5.02 Å². The van der Waals surface area contributed by atoms with Crippen molar-refractivity contribution < 1.29 is 23.6 Å². The van der Waals surface area contributed by atoms with E-state index in [9.17, 15) is 14.4 Å². The molecule has 0 unspecified atom stereocenters. The Morgan fingerprint density at radius 3 is 2.43 bits per heavy atom. The standard InChI is InChI=1S/C34H33ClN6O5/c1-20-37-29(40-46-20)28-27(35)25-10-5-6-11-26(25)41(28)24-14-12-21(13-15-24)19-36-31(43)34(16-17-34)39-30(42)22-8-7-9-23(18-22)38-32(44)45-33(2,3)4/h5-15,18H,16-17,19H2,1-4H3,(H,36,43)(H,38,44)(H,39,42). The number of carbonyl (C=O) groups excluding carboxylic acids is 3. The molecule has 236 valence electrons. The Morgan fingerprint density at radius 2 is 1.76 bits per heavy atom. The number of hydrogen-bond acceptors (Lipinski definition) is 7. The van der Waals surface area contributed by atoms with Gasteiger partial charge in [0.25, 0.3) is 5.91 Å². The van der Waals surface area contributed by atoms with E-state index >= 15 is 0 Å². The fourth-order valence-electron chi connectivity index (χ4n) is 5.16. The number of nitrogens with zero attached hydrogens (tertiary/aromatic N) is 3. The highest BCUT2D eigenvalue weighted by Gasteiger charge is 2.51. The van der Waals surface area contributed by atoms with Crippen LogP contribution in [0.3, 0.4) is 0 Å². The van der Waals surface area contributed by atoms with Crippen LogP contribution in [0, 0.1) is 6.92 Å². The lowest BCUT2D eigenvalue weighted by atomic mass is 10.1. The number of halogens is 1. The van der Waals surface area contributed by atoms with Gasteiger partial charge in [-0.3, -0.25) is 14.9 Å². The van der Waals surface area contributed by atoms with E-state index in [1.807, 2.05) is 53.1 Å². The summed E-state index contributed by atoms with van der Waals surface area (Å²) in [5, 5.41) is 14.0. The van der Waals surface area contributed by atoms with E-state index in [4.69, 9.17) is 20.9 Å². The molecule has 3 amide bonds. The Labute approximate surface area is 270 Å². The highest BCUT2D eigenvalue weighted by atomic mass is 35.5. The van der Waals surface area contributed by atoms with Crippen LogP contribution in [-0.4, -0.2) is 43.8 Å². The SMILES string of the molecule is Cc1nc(-c2c(Cl)c3ccccc3n2-c2ccc(CNC(=O)C3(NC(=O)c4cccc(NC(=O)OC(C)(C)C)c4)CC3)cc2)no1. The minimum Gasteiger partial charge on any atom is -0.444 e. The number of aromatic nitrogens is 3. The molecule has 6 rings (SSSR count). The molecule has 1 saturated carbocycles. The lowest BCUT2D eigenvalue weighted by molar-refractivity contribution is -0.124. The van der Waals surface area contributed by atoms with Gasteiger partial charge in [-0.2, -0.15) is 4.98 Å². The predicted octanol–water partition coefficient (Wildman–Crippen LogP) is 6.57. The van der Waals surface area contributed by atoms with Crippen molar-refractivity contribution in [2.45, 2.75) is 58.2 Å². The maximum absolute atomic E-state index is 13.2. The van der Waals surface area contributed by atoms with Gasteiger partial charge >= 0.3 is 6.09 Å². The summed E-state index contributed by atoms with van der Waals surface area (Å²) in [5.41, 5.74) is 2.32. The van der Waals surface area contributed by atoms with Gasteiger partial charge < -0.3 is 24.5 Å². The van der Waals surface area contributed by atoms with E-state index < -0.39 is 23.1 Å². The van der Waals surface area contributed by atoms with Crippen LogP contribution in [-0.2, 0) is 16.1 Å². The number of amides is 3. The number of rotatable bonds is 8. The Morgan fingerprint density at radius 1 is 1.02 bits per heavy atom. The van der Waals surface area contributed by atoms with Gasteiger partial charge in [0.15, 0.2) is 0 Å². The van der Waals surface area contributed by atoms with Gasteiger partial charge in [-0.05, 0) is 75.6 Å². The second-order valence-electron chi connectivity index (χ2n) is 12.2. The molecule has 2 aromatic heterocycles. The van der Waals surface area contributed by atoms with E-state index in [0.717, 1.165) is 22.2 Å². The maximum Gasteiger partial charge on any atom is 0.412 e. The maximum atomic E-state index is 13.2. The van der Waals surface area contributed by atoms with Crippen LogP contribution in [0.4, 0.5) is 10.5 Å². The lowest BCUT2D eigenvalue weighted by Gasteiger charge is -2.20. The number of carbonyl (C=O) groups is 3. The van der Waals surface area contributed by atoms with Gasteiger partial charge in [0.2, 0.25) is 17.6 Å². The zero-order valence-corrected chi connectivity index (χ0v) is 26.6. The van der Waals surface area contributed by atoms with E-state index in [1.54, 1.807) is 52.0 Å². The molecule has 0 spiro atoms. The van der Waals surface area contributed by atoms with Crippen LogP contribution >= 0.6 is 11.6 Å². The molecule has 0 aliphatic heterocycles. The molecule has 5 aromatic rings. The second-order valence-corrected chi connectivity index (χ2v) is 12.6. The first kappa shape index (κ1) is 30.8. The van der Waals surface area contributed by atoms with Crippen molar-refractivity contribution in [1.29, 1.82) is 0 Å². The number of anilines is 1. The van der Waals surface area contributed by atoms with Crippen LogP contribution in [0.15, 0.2) is 77.3 Å². The summed E-state index contributed by atoms with van der Waals surface area (Å²) in [6.45, 7) is 7.30. The van der Waals surface area contributed by atoms with E-state index in [-0.39, 0.29) is 12.5 Å². The van der Waals surface area contributed by atoms with Crippen molar-refractivity contribution in [2.75, 3.05) is 5.32 Å². The first-order chi connectivity index (χ1) is 21.9. The van der Waals surface area contributed by atoms with Crippen molar-refractivity contribution in [3.63, 3.8) is 0 Å². The largest absolute Gasteiger partial charge is 0.444 e. The average molecular weight is 641 g/mol. The van der Waals surface area contributed by atoms with Crippen LogP contribution < -0.4 is 16.0 Å². The minimum absolute atomic E-state index is 0.258. The van der Waals surface area contributed by atoms with Crippen molar-refractivity contribution in [1.82, 2.24) is 25.3 Å². The molecule has 46 heavy (non-hydrogen) atoms. The summed E-state index contributed by atoms with van der Waals surface area (Å²) < 4.78 is 12.5. The number of benzene rings is 3. The highest BCUT2D eigenvalue weighted by Crippen LogP contribution is 2.39. The van der Waals surface area contributed by atoms with Gasteiger partial charge in [-0.1, -0.05) is 53.2 Å². The third kappa shape index (κ3) is 6.45. The molecule has 1 fully saturated rings. The molecule has 2 heterocycles. The second kappa shape index (κ2) is 12.0. The smallest absolute Gasteiger partial charge is 0.412 e. The number of hydrogen-bond donors (Lipinski definition) is 3. The molecule has 1 aliphatic rings. The summed E-state index contributed by atoms with van der Waals surface area (Å²) in [7, 11) is 0. The zero-order chi connectivity index (χ0) is 32.6. The Balaban J connectivity index is 1.12. The molecule has 11 nitrogen and oxygen atoms in total. The zero-order valence-electron chi connectivity index (χ0n) is 25.8. The Hall–Kier alpha value is -5.16. The van der Waals surface area contributed by atoms with E-state index in [0.29, 0.717) is 46.5 Å². The third-order valence-corrected chi connectivity index (χ3v) is 7.89. The fourth-order valence-corrected chi connectivity index (χ4v) is 5.49. The van der Waals surface area contributed by atoms with Crippen LogP contribution in [0.5, 0.6) is 0 Å². The molecular weight excluding hydrogens is 608 g/mol. The topological polar surface area (TPSA) is 140 Å². The van der Waals surface area contributed by atoms with E-state index in [1.165, 1.54) is 0 Å². The third-order valence-electron chi connectivity index (χ3n) is 7.51. The predicted molar refractivity (Wildman–Crippen MR) is 174 cm³/mol. The van der Waals surface area contributed by atoms with Gasteiger partial charge in [-0.15, -0.1) is 0 Å². The van der Waals surface area contributed by atoms with Crippen molar-refractivity contribution >= 4 is 46.1 Å². The number of para-hydroxylation sites is 1. The molecular formula is C34H33ClN6O5. The first-order valence-electron chi connectivity index (χ1n) is 14.8. The van der Waals surface area contributed by atoms with Gasteiger partial charge in [-0.25, -0.2) is 4.79 Å². The van der Waals surface area contributed by atoms with Crippen LogP contribution in [0.1, 0.15) is 55.4 Å². The Bertz CT molecular complexity index is 1950. The van der Waals surface area contributed by atoms with Crippen molar-refractivity contribution in [3.8, 4) is 17.2 Å². The molecule has 0 atom stereocenters.